The lowest BCUT2D eigenvalue weighted by molar-refractivity contribution is 0.0751. The molecule has 98 valence electrons. The first-order valence-electron chi connectivity index (χ1n) is 6.76. The molecule has 3 rings (SSSR count). The van der Waals surface area contributed by atoms with Gasteiger partial charge in [-0.2, -0.15) is 0 Å². The summed E-state index contributed by atoms with van der Waals surface area (Å²) in [5.74, 6) is 2.08. The third-order valence-electron chi connectivity index (χ3n) is 4.75. The molecule has 3 heteroatoms. The van der Waals surface area contributed by atoms with E-state index >= 15 is 0 Å². The fraction of sp³-hybridized carbons (Fsp3) is 0.600. The molecule has 0 heterocycles. The standard InChI is InChI=1S/C15H18Cl2O/c16-13-3-1-2-11(15(13)17)8-14(18)12-7-9-4-5-10(12)6-9/h1-3,9-10,12,14,18H,4-8H2. The Labute approximate surface area is 118 Å². The summed E-state index contributed by atoms with van der Waals surface area (Å²) >= 11 is 12.2. The number of fused-ring (bicyclic) bond motifs is 2. The van der Waals surface area contributed by atoms with Gasteiger partial charge in [0.2, 0.25) is 0 Å². The van der Waals surface area contributed by atoms with E-state index in [9.17, 15) is 5.11 Å². The number of rotatable bonds is 3. The Morgan fingerprint density at radius 2 is 2.06 bits per heavy atom. The predicted octanol–water partition coefficient (Wildman–Crippen LogP) is 4.33. The molecule has 1 aromatic rings. The molecular formula is C15H18Cl2O. The number of aliphatic hydroxyl groups excluding tert-OH is 1. The van der Waals surface area contributed by atoms with E-state index in [2.05, 4.69) is 0 Å². The molecule has 0 spiro atoms. The summed E-state index contributed by atoms with van der Waals surface area (Å²) in [5.41, 5.74) is 0.972. The molecule has 0 amide bonds. The number of aliphatic hydroxyl groups is 1. The van der Waals surface area contributed by atoms with E-state index in [1.807, 2.05) is 12.1 Å². The number of hydrogen-bond acceptors (Lipinski definition) is 1. The minimum atomic E-state index is -0.267. The first kappa shape index (κ1) is 12.8. The largest absolute Gasteiger partial charge is 0.392 e. The maximum absolute atomic E-state index is 10.4. The van der Waals surface area contributed by atoms with Gasteiger partial charge in [-0.25, -0.2) is 0 Å². The Kier molecular flexibility index (Phi) is 3.57. The summed E-state index contributed by atoms with van der Waals surface area (Å²) < 4.78 is 0. The highest BCUT2D eigenvalue weighted by molar-refractivity contribution is 6.42. The molecule has 2 fully saturated rings. The van der Waals surface area contributed by atoms with Gasteiger partial charge < -0.3 is 5.11 Å². The normalized spacial score (nSPS) is 31.8. The molecule has 18 heavy (non-hydrogen) atoms. The third-order valence-corrected chi connectivity index (χ3v) is 5.61. The van der Waals surface area contributed by atoms with Gasteiger partial charge in [0, 0.05) is 6.42 Å². The van der Waals surface area contributed by atoms with Crippen LogP contribution in [0.4, 0.5) is 0 Å². The second-order valence-corrected chi connectivity index (χ2v) is 6.61. The summed E-state index contributed by atoms with van der Waals surface area (Å²) in [6.07, 6.45) is 5.56. The molecule has 2 aliphatic carbocycles. The maximum atomic E-state index is 10.4. The van der Waals surface area contributed by atoms with Crippen LogP contribution in [0.2, 0.25) is 10.0 Å². The van der Waals surface area contributed by atoms with Crippen LogP contribution in [0.1, 0.15) is 31.2 Å². The zero-order valence-electron chi connectivity index (χ0n) is 10.3. The first-order valence-corrected chi connectivity index (χ1v) is 7.51. The SMILES string of the molecule is OC(Cc1cccc(Cl)c1Cl)C1CC2CCC1C2. The van der Waals surface area contributed by atoms with Gasteiger partial charge in [0.05, 0.1) is 16.1 Å². The molecule has 2 saturated carbocycles. The number of benzene rings is 1. The third kappa shape index (κ3) is 2.29. The fourth-order valence-corrected chi connectivity index (χ4v) is 4.25. The zero-order chi connectivity index (χ0) is 12.7. The van der Waals surface area contributed by atoms with E-state index in [-0.39, 0.29) is 6.10 Å². The topological polar surface area (TPSA) is 20.2 Å². The van der Waals surface area contributed by atoms with Crippen LogP contribution in [0.25, 0.3) is 0 Å². The number of hydrogen-bond donors (Lipinski definition) is 1. The van der Waals surface area contributed by atoms with Gasteiger partial charge in [-0.05, 0) is 48.6 Å². The fourth-order valence-electron chi connectivity index (χ4n) is 3.85. The van der Waals surface area contributed by atoms with Gasteiger partial charge in [-0.15, -0.1) is 0 Å². The molecule has 0 saturated heterocycles. The van der Waals surface area contributed by atoms with E-state index < -0.39 is 0 Å². The highest BCUT2D eigenvalue weighted by Crippen LogP contribution is 2.50. The van der Waals surface area contributed by atoms with Crippen molar-refractivity contribution in [3.8, 4) is 0 Å². The van der Waals surface area contributed by atoms with Crippen molar-refractivity contribution in [2.24, 2.45) is 17.8 Å². The monoisotopic (exact) mass is 284 g/mol. The summed E-state index contributed by atoms with van der Waals surface area (Å²) in [4.78, 5) is 0. The van der Waals surface area contributed by atoms with Gasteiger partial charge in [-0.1, -0.05) is 41.8 Å². The van der Waals surface area contributed by atoms with Crippen molar-refractivity contribution in [2.75, 3.05) is 0 Å². The van der Waals surface area contributed by atoms with E-state index in [1.165, 1.54) is 25.7 Å². The summed E-state index contributed by atoms with van der Waals surface area (Å²) in [5, 5.41) is 11.6. The molecule has 2 bridgehead atoms. The van der Waals surface area contributed by atoms with Crippen molar-refractivity contribution >= 4 is 23.2 Å². The van der Waals surface area contributed by atoms with Crippen molar-refractivity contribution in [1.82, 2.24) is 0 Å². The molecule has 2 aliphatic rings. The lowest BCUT2D eigenvalue weighted by Gasteiger charge is -2.27. The van der Waals surface area contributed by atoms with E-state index in [0.29, 0.717) is 22.4 Å². The molecule has 0 radical (unpaired) electrons. The number of halogens is 2. The van der Waals surface area contributed by atoms with Crippen molar-refractivity contribution in [1.29, 1.82) is 0 Å². The van der Waals surface area contributed by atoms with Crippen LogP contribution in [0.5, 0.6) is 0 Å². The molecule has 0 aromatic heterocycles. The smallest absolute Gasteiger partial charge is 0.0625 e. The maximum Gasteiger partial charge on any atom is 0.0625 e. The van der Waals surface area contributed by atoms with Gasteiger partial charge in [0.15, 0.2) is 0 Å². The summed E-state index contributed by atoms with van der Waals surface area (Å²) in [6.45, 7) is 0. The molecule has 4 atom stereocenters. The Bertz CT molecular complexity index is 446. The van der Waals surface area contributed by atoms with Crippen LogP contribution < -0.4 is 0 Å². The van der Waals surface area contributed by atoms with Gasteiger partial charge >= 0.3 is 0 Å². The van der Waals surface area contributed by atoms with Crippen LogP contribution in [-0.4, -0.2) is 11.2 Å². The summed E-state index contributed by atoms with van der Waals surface area (Å²) in [6, 6.07) is 5.65. The van der Waals surface area contributed by atoms with E-state index in [4.69, 9.17) is 23.2 Å². The Morgan fingerprint density at radius 3 is 2.72 bits per heavy atom. The predicted molar refractivity (Wildman–Crippen MR) is 75.1 cm³/mol. The highest BCUT2D eigenvalue weighted by Gasteiger charge is 2.42. The molecule has 4 unspecified atom stereocenters. The molecular weight excluding hydrogens is 267 g/mol. The molecule has 1 aromatic carbocycles. The van der Waals surface area contributed by atoms with Crippen molar-refractivity contribution in [3.05, 3.63) is 33.8 Å². The first-order chi connectivity index (χ1) is 8.65. The minimum Gasteiger partial charge on any atom is -0.392 e. The van der Waals surface area contributed by atoms with Crippen LogP contribution in [0.15, 0.2) is 18.2 Å². The average molecular weight is 285 g/mol. The zero-order valence-corrected chi connectivity index (χ0v) is 11.8. The van der Waals surface area contributed by atoms with Gasteiger partial charge in [0.25, 0.3) is 0 Å². The second-order valence-electron chi connectivity index (χ2n) is 5.82. The van der Waals surface area contributed by atoms with Crippen molar-refractivity contribution < 1.29 is 5.11 Å². The minimum absolute atomic E-state index is 0.267. The van der Waals surface area contributed by atoms with Crippen LogP contribution in [0, 0.1) is 17.8 Å². The average Bonchev–Trinajstić information content (AvgIpc) is 2.97. The highest BCUT2D eigenvalue weighted by atomic mass is 35.5. The van der Waals surface area contributed by atoms with Crippen molar-refractivity contribution in [3.63, 3.8) is 0 Å². The van der Waals surface area contributed by atoms with Crippen molar-refractivity contribution in [2.45, 2.75) is 38.2 Å². The van der Waals surface area contributed by atoms with Gasteiger partial charge in [-0.3, -0.25) is 0 Å². The second kappa shape index (κ2) is 5.03. The Morgan fingerprint density at radius 1 is 1.22 bits per heavy atom. The molecule has 1 N–H and O–H groups in total. The van der Waals surface area contributed by atoms with Gasteiger partial charge in [0.1, 0.15) is 0 Å². The summed E-state index contributed by atoms with van der Waals surface area (Å²) in [7, 11) is 0. The quantitative estimate of drug-likeness (QED) is 0.876. The van der Waals surface area contributed by atoms with E-state index in [0.717, 1.165) is 17.4 Å². The van der Waals surface area contributed by atoms with Crippen LogP contribution in [0.3, 0.4) is 0 Å². The van der Waals surface area contributed by atoms with Crippen LogP contribution >= 0.6 is 23.2 Å². The van der Waals surface area contributed by atoms with E-state index in [1.54, 1.807) is 6.07 Å². The lowest BCUT2D eigenvalue weighted by Crippen LogP contribution is -2.27. The Hall–Kier alpha value is -0.240. The van der Waals surface area contributed by atoms with Crippen LogP contribution in [-0.2, 0) is 6.42 Å². The Balaban J connectivity index is 1.71. The molecule has 0 aliphatic heterocycles. The molecule has 1 nitrogen and oxygen atoms in total. The lowest BCUT2D eigenvalue weighted by atomic mass is 9.82.